The number of pyridine rings is 1. The first kappa shape index (κ1) is 12.6. The molecule has 2 aliphatic rings. The van der Waals surface area contributed by atoms with Crippen molar-refractivity contribution in [3.05, 3.63) is 29.6 Å². The monoisotopic (exact) mass is 259 g/mol. The molecule has 0 atom stereocenters. The summed E-state index contributed by atoms with van der Waals surface area (Å²) in [6.07, 6.45) is 2.43. The minimum atomic E-state index is -0.0119. The second kappa shape index (κ2) is 4.60. The highest BCUT2D eigenvalue weighted by Gasteiger charge is 2.30. The molecule has 3 rings (SSSR count). The molecule has 2 heterocycles. The van der Waals surface area contributed by atoms with E-state index in [1.165, 1.54) is 12.8 Å². The first-order valence-electron chi connectivity index (χ1n) is 7.06. The third-order valence-electron chi connectivity index (χ3n) is 3.84. The summed E-state index contributed by atoms with van der Waals surface area (Å²) in [5.74, 6) is 0.657. The van der Waals surface area contributed by atoms with Gasteiger partial charge in [-0.3, -0.25) is 4.79 Å². The van der Waals surface area contributed by atoms with Gasteiger partial charge in [0, 0.05) is 36.8 Å². The Morgan fingerprint density at radius 3 is 2.89 bits per heavy atom. The van der Waals surface area contributed by atoms with Gasteiger partial charge in [-0.1, -0.05) is 6.07 Å². The number of rotatable bonds is 2. The number of aromatic nitrogens is 1. The van der Waals surface area contributed by atoms with E-state index in [2.05, 4.69) is 24.1 Å². The van der Waals surface area contributed by atoms with Gasteiger partial charge in [-0.05, 0) is 38.8 Å². The fourth-order valence-electron chi connectivity index (χ4n) is 2.65. The fraction of sp³-hybridized carbons (Fsp3) is 0.600. The van der Waals surface area contributed by atoms with Crippen LogP contribution in [-0.2, 0) is 0 Å². The predicted molar refractivity (Wildman–Crippen MR) is 74.2 cm³/mol. The Bertz CT molecular complexity index is 494. The van der Waals surface area contributed by atoms with Crippen molar-refractivity contribution in [2.24, 2.45) is 0 Å². The highest BCUT2D eigenvalue weighted by molar-refractivity contribution is 5.92. The maximum absolute atomic E-state index is 12.5. The van der Waals surface area contributed by atoms with Gasteiger partial charge < -0.3 is 10.2 Å². The van der Waals surface area contributed by atoms with Gasteiger partial charge in [0.25, 0.3) is 5.91 Å². The summed E-state index contributed by atoms with van der Waals surface area (Å²) >= 11 is 0. The van der Waals surface area contributed by atoms with Crippen LogP contribution in [-0.4, -0.2) is 41.0 Å². The Balaban J connectivity index is 1.77. The highest BCUT2D eigenvalue weighted by Crippen LogP contribution is 2.38. The normalized spacial score (nSPS) is 22.3. The van der Waals surface area contributed by atoms with Crippen molar-refractivity contribution in [3.63, 3.8) is 0 Å². The number of carbonyl (C=O) groups excluding carboxylic acids is 1. The molecule has 1 N–H and O–H groups in total. The maximum Gasteiger partial charge on any atom is 0.272 e. The van der Waals surface area contributed by atoms with Crippen molar-refractivity contribution >= 4 is 5.91 Å². The topological polar surface area (TPSA) is 45.2 Å². The Labute approximate surface area is 114 Å². The molecule has 0 unspecified atom stereocenters. The molecule has 1 aliphatic heterocycles. The van der Waals surface area contributed by atoms with Gasteiger partial charge >= 0.3 is 0 Å². The molecule has 1 aromatic rings. The average molecular weight is 259 g/mol. The van der Waals surface area contributed by atoms with E-state index in [0.717, 1.165) is 25.3 Å². The van der Waals surface area contributed by atoms with Gasteiger partial charge in [0.1, 0.15) is 5.69 Å². The van der Waals surface area contributed by atoms with Gasteiger partial charge in [-0.25, -0.2) is 4.98 Å². The van der Waals surface area contributed by atoms with E-state index in [0.29, 0.717) is 11.6 Å². The van der Waals surface area contributed by atoms with Crippen LogP contribution in [0.5, 0.6) is 0 Å². The molecule has 1 amide bonds. The lowest BCUT2D eigenvalue weighted by Crippen LogP contribution is -2.58. The van der Waals surface area contributed by atoms with Crippen LogP contribution in [0.3, 0.4) is 0 Å². The third-order valence-corrected chi connectivity index (χ3v) is 3.84. The molecular formula is C15H21N3O. The highest BCUT2D eigenvalue weighted by atomic mass is 16.2. The number of hydrogen-bond acceptors (Lipinski definition) is 3. The largest absolute Gasteiger partial charge is 0.334 e. The molecule has 0 spiro atoms. The van der Waals surface area contributed by atoms with Crippen LogP contribution in [0.25, 0.3) is 0 Å². The molecule has 2 fully saturated rings. The standard InChI is InChI=1S/C15H21N3O/c1-15(2)10-18(9-8-16-15)14(19)13-5-3-4-12(17-13)11-6-7-11/h3-5,11,16H,6-10H2,1-2H3. The number of hydrogen-bond donors (Lipinski definition) is 1. The van der Waals surface area contributed by atoms with Crippen LogP contribution in [0.1, 0.15) is 48.8 Å². The van der Waals surface area contributed by atoms with E-state index in [1.807, 2.05) is 23.1 Å². The molecule has 19 heavy (non-hydrogen) atoms. The van der Waals surface area contributed by atoms with Gasteiger partial charge in [0.15, 0.2) is 0 Å². The summed E-state index contributed by atoms with van der Waals surface area (Å²) in [6, 6.07) is 5.83. The van der Waals surface area contributed by atoms with Crippen LogP contribution in [0.2, 0.25) is 0 Å². The Morgan fingerprint density at radius 2 is 2.21 bits per heavy atom. The SMILES string of the molecule is CC1(C)CN(C(=O)c2cccc(C3CC3)n2)CCN1. The van der Waals surface area contributed by atoms with Gasteiger partial charge in [0.05, 0.1) is 0 Å². The van der Waals surface area contributed by atoms with Crippen molar-refractivity contribution in [3.8, 4) is 0 Å². The second-order valence-electron chi connectivity index (χ2n) is 6.26. The smallest absolute Gasteiger partial charge is 0.272 e. The molecule has 1 saturated carbocycles. The van der Waals surface area contributed by atoms with Crippen LogP contribution < -0.4 is 5.32 Å². The molecule has 102 valence electrons. The molecule has 0 aromatic carbocycles. The first-order chi connectivity index (χ1) is 9.05. The molecule has 0 bridgehead atoms. The van der Waals surface area contributed by atoms with Crippen molar-refractivity contribution < 1.29 is 4.79 Å². The molecule has 0 radical (unpaired) electrons. The van der Waals surface area contributed by atoms with Crippen LogP contribution in [0, 0.1) is 0 Å². The molecular weight excluding hydrogens is 238 g/mol. The fourth-order valence-corrected chi connectivity index (χ4v) is 2.65. The zero-order valence-electron chi connectivity index (χ0n) is 11.6. The Morgan fingerprint density at radius 1 is 1.42 bits per heavy atom. The maximum atomic E-state index is 12.5. The van der Waals surface area contributed by atoms with E-state index in [-0.39, 0.29) is 11.4 Å². The summed E-state index contributed by atoms with van der Waals surface area (Å²) in [4.78, 5) is 19.0. The van der Waals surface area contributed by atoms with Crippen LogP contribution in [0.15, 0.2) is 18.2 Å². The predicted octanol–water partition coefficient (Wildman–Crippen LogP) is 1.78. The van der Waals surface area contributed by atoms with Crippen LogP contribution in [0.4, 0.5) is 0 Å². The first-order valence-corrected chi connectivity index (χ1v) is 7.06. The Kier molecular flexibility index (Phi) is 3.05. The molecule has 1 aromatic heterocycles. The van der Waals surface area contributed by atoms with E-state index >= 15 is 0 Å². The van der Waals surface area contributed by atoms with Gasteiger partial charge in [-0.15, -0.1) is 0 Å². The van der Waals surface area contributed by atoms with E-state index in [1.54, 1.807) is 0 Å². The number of nitrogens with one attached hydrogen (secondary N) is 1. The molecule has 4 nitrogen and oxygen atoms in total. The van der Waals surface area contributed by atoms with E-state index in [4.69, 9.17) is 0 Å². The van der Waals surface area contributed by atoms with Gasteiger partial charge in [0.2, 0.25) is 0 Å². The van der Waals surface area contributed by atoms with E-state index < -0.39 is 0 Å². The van der Waals surface area contributed by atoms with Crippen molar-refractivity contribution in [2.45, 2.75) is 38.1 Å². The summed E-state index contributed by atoms with van der Waals surface area (Å²) in [7, 11) is 0. The van der Waals surface area contributed by atoms with Crippen molar-refractivity contribution in [1.29, 1.82) is 0 Å². The summed E-state index contributed by atoms with van der Waals surface area (Å²) in [5, 5.41) is 3.42. The summed E-state index contributed by atoms with van der Waals surface area (Å²) in [6.45, 7) is 6.60. The molecule has 4 heteroatoms. The second-order valence-corrected chi connectivity index (χ2v) is 6.26. The van der Waals surface area contributed by atoms with Crippen molar-refractivity contribution in [2.75, 3.05) is 19.6 Å². The lowest BCUT2D eigenvalue weighted by atomic mass is 10.0. The summed E-state index contributed by atoms with van der Waals surface area (Å²) < 4.78 is 0. The Hall–Kier alpha value is -1.42. The number of amides is 1. The molecule has 1 aliphatic carbocycles. The minimum absolute atomic E-state index is 0.0119. The van der Waals surface area contributed by atoms with Crippen molar-refractivity contribution in [1.82, 2.24) is 15.2 Å². The number of nitrogens with zero attached hydrogens (tertiary/aromatic N) is 2. The summed E-state index contributed by atoms with van der Waals surface area (Å²) in [5.41, 5.74) is 1.67. The minimum Gasteiger partial charge on any atom is -0.334 e. The molecule has 1 saturated heterocycles. The lowest BCUT2D eigenvalue weighted by Gasteiger charge is -2.39. The third kappa shape index (κ3) is 2.78. The number of piperazine rings is 1. The zero-order chi connectivity index (χ0) is 13.5. The van der Waals surface area contributed by atoms with Crippen LogP contribution >= 0.6 is 0 Å². The average Bonchev–Trinajstić information content (AvgIpc) is 3.21. The quantitative estimate of drug-likeness (QED) is 0.880. The zero-order valence-corrected chi connectivity index (χ0v) is 11.6. The number of carbonyl (C=O) groups is 1. The lowest BCUT2D eigenvalue weighted by molar-refractivity contribution is 0.0646. The van der Waals surface area contributed by atoms with E-state index in [9.17, 15) is 4.79 Å². The van der Waals surface area contributed by atoms with Gasteiger partial charge in [-0.2, -0.15) is 0 Å².